The van der Waals surface area contributed by atoms with Crippen LogP contribution in [-0.2, 0) is 6.18 Å². The van der Waals surface area contributed by atoms with E-state index in [0.717, 1.165) is 22.1 Å². The first-order valence-electron chi connectivity index (χ1n) is 11.3. The van der Waals surface area contributed by atoms with Crippen molar-refractivity contribution in [2.45, 2.75) is 12.4 Å². The van der Waals surface area contributed by atoms with Crippen molar-refractivity contribution in [3.63, 3.8) is 0 Å². The molecule has 4 aromatic rings. The van der Waals surface area contributed by atoms with E-state index in [1.165, 1.54) is 14.2 Å². The lowest BCUT2D eigenvalue weighted by atomic mass is 10.2. The van der Waals surface area contributed by atoms with Crippen LogP contribution in [0.4, 0.5) is 29.3 Å². The van der Waals surface area contributed by atoms with Crippen LogP contribution in [0.1, 0.15) is 5.56 Å². The number of β-amino-alcohol motifs (C(OH)–C–C–N with tert-alkyl or cyclic N) is 1. The third-order valence-electron chi connectivity index (χ3n) is 5.99. The van der Waals surface area contributed by atoms with Crippen LogP contribution in [0, 0.1) is 0 Å². The molecule has 1 N–H and O–H groups in total. The highest BCUT2D eigenvalue weighted by Gasteiger charge is 2.39. The number of methoxy groups -OCH3 is 2. The minimum Gasteiger partial charge on any atom is -0.493 e. The van der Waals surface area contributed by atoms with Crippen molar-refractivity contribution in [2.75, 3.05) is 30.6 Å². The molecule has 2 amide bonds. The number of hydrogen-bond donors (Lipinski definition) is 1. The number of carbonyl (C=O) groups excluding carboxylic acids is 1. The van der Waals surface area contributed by atoms with E-state index in [2.05, 4.69) is 9.97 Å². The molecule has 1 saturated heterocycles. The number of amides is 2. The Labute approximate surface area is 214 Å². The zero-order chi connectivity index (χ0) is 27.0. The lowest BCUT2D eigenvalue weighted by Crippen LogP contribution is -2.34. The lowest BCUT2D eigenvalue weighted by molar-refractivity contribution is -0.137. The number of alkyl halides is 3. The Hall–Kier alpha value is -4.58. The number of rotatable bonds is 6. The second kappa shape index (κ2) is 9.71. The van der Waals surface area contributed by atoms with E-state index in [1.54, 1.807) is 48.7 Å². The average molecular weight is 526 g/mol. The van der Waals surface area contributed by atoms with Crippen LogP contribution in [0.2, 0.25) is 0 Å². The van der Waals surface area contributed by atoms with Gasteiger partial charge < -0.3 is 19.3 Å². The molecule has 9 nitrogen and oxygen atoms in total. The van der Waals surface area contributed by atoms with Gasteiger partial charge >= 0.3 is 12.2 Å². The normalized spacial score (nSPS) is 15.7. The molecule has 1 aliphatic heterocycles. The third kappa shape index (κ3) is 4.61. The van der Waals surface area contributed by atoms with Gasteiger partial charge in [0.25, 0.3) is 0 Å². The van der Waals surface area contributed by atoms with E-state index in [1.807, 2.05) is 0 Å². The van der Waals surface area contributed by atoms with Gasteiger partial charge in [0.15, 0.2) is 17.7 Å². The summed E-state index contributed by atoms with van der Waals surface area (Å²) < 4.78 is 56.0. The molecule has 5 rings (SSSR count). The Kier molecular flexibility index (Phi) is 6.41. The number of benzene rings is 2. The Morgan fingerprint density at radius 1 is 0.947 bits per heavy atom. The van der Waals surface area contributed by atoms with Crippen molar-refractivity contribution >= 4 is 28.3 Å². The highest BCUT2D eigenvalue weighted by Crippen LogP contribution is 2.38. The fourth-order valence-electron chi connectivity index (χ4n) is 4.15. The van der Waals surface area contributed by atoms with Gasteiger partial charge in [-0.1, -0.05) is 0 Å². The molecule has 2 aromatic heterocycles. The molecule has 1 fully saturated rings. The molecule has 3 heterocycles. The number of anilines is 2. The number of aliphatic hydroxyl groups excluding tert-OH is 1. The van der Waals surface area contributed by atoms with Crippen molar-refractivity contribution in [1.82, 2.24) is 9.97 Å². The van der Waals surface area contributed by atoms with Crippen LogP contribution >= 0.6 is 0 Å². The third-order valence-corrected chi connectivity index (χ3v) is 5.99. The number of pyridine rings is 2. The first-order valence-corrected chi connectivity index (χ1v) is 11.3. The number of aliphatic hydroxyl groups is 1. The number of nitrogens with zero attached hydrogens (tertiary/aromatic N) is 4. The van der Waals surface area contributed by atoms with E-state index < -0.39 is 24.0 Å². The highest BCUT2D eigenvalue weighted by atomic mass is 19.4. The van der Waals surface area contributed by atoms with Gasteiger partial charge in [0, 0.05) is 29.5 Å². The first-order chi connectivity index (χ1) is 18.2. The van der Waals surface area contributed by atoms with Crippen LogP contribution in [0.15, 0.2) is 67.1 Å². The summed E-state index contributed by atoms with van der Waals surface area (Å²) in [6, 6.07) is 11.7. The van der Waals surface area contributed by atoms with Gasteiger partial charge in [-0.3, -0.25) is 19.8 Å². The van der Waals surface area contributed by atoms with Crippen LogP contribution < -0.4 is 24.0 Å². The zero-order valence-electron chi connectivity index (χ0n) is 20.1. The molecule has 196 valence electrons. The van der Waals surface area contributed by atoms with Gasteiger partial charge in [0.1, 0.15) is 11.5 Å². The smallest absolute Gasteiger partial charge is 0.417 e. The molecular weight excluding hydrogens is 505 g/mol. The molecule has 0 saturated carbocycles. The number of halogens is 3. The topological polar surface area (TPSA) is 97.3 Å². The summed E-state index contributed by atoms with van der Waals surface area (Å²) in [5.74, 6) is 1.98. The van der Waals surface area contributed by atoms with E-state index in [-0.39, 0.29) is 12.2 Å². The molecule has 0 unspecified atom stereocenters. The molecule has 0 radical (unpaired) electrons. The summed E-state index contributed by atoms with van der Waals surface area (Å²) in [6.45, 7) is -0.228. The van der Waals surface area contributed by atoms with Crippen LogP contribution in [0.5, 0.6) is 23.0 Å². The van der Waals surface area contributed by atoms with Crippen LogP contribution in [-0.4, -0.2) is 48.1 Å². The highest BCUT2D eigenvalue weighted by molar-refractivity contribution is 6.06. The Morgan fingerprint density at radius 3 is 2.34 bits per heavy atom. The van der Waals surface area contributed by atoms with Gasteiger partial charge in [-0.05, 0) is 42.5 Å². The van der Waals surface area contributed by atoms with E-state index in [9.17, 15) is 23.1 Å². The van der Waals surface area contributed by atoms with Gasteiger partial charge in [0.2, 0.25) is 0 Å². The molecule has 0 aliphatic carbocycles. The SMILES string of the molecule is COc1cc2nccc(Oc3ccc(N4C(=O)N(c5cncc(C(F)(F)F)c5)C[C@@H]4O)cc3)c2cc1OC. The number of aromatic nitrogens is 2. The minimum atomic E-state index is -4.61. The van der Waals surface area contributed by atoms with Crippen LogP contribution in [0.25, 0.3) is 10.9 Å². The quantitative estimate of drug-likeness (QED) is 0.368. The number of ether oxygens (including phenoxy) is 3. The van der Waals surface area contributed by atoms with Crippen molar-refractivity contribution < 1.29 is 37.3 Å². The fourth-order valence-corrected chi connectivity index (χ4v) is 4.15. The fraction of sp³-hybridized carbons (Fsp3) is 0.192. The standard InChI is InChI=1S/C26H21F3N4O5/c1-36-22-10-19-20(11-23(22)37-2)31-8-7-21(19)38-18-5-3-16(4-6-18)33-24(34)14-32(25(33)35)17-9-15(12-30-13-17)26(27,28)29/h3-13,24,34H,14H2,1-2H3/t24-/m0/s1. The van der Waals surface area contributed by atoms with Crippen molar-refractivity contribution in [1.29, 1.82) is 0 Å². The minimum absolute atomic E-state index is 0.0667. The molecule has 12 heteroatoms. The van der Waals surface area contributed by atoms with E-state index >= 15 is 0 Å². The van der Waals surface area contributed by atoms with Crippen molar-refractivity contribution in [2.24, 2.45) is 0 Å². The van der Waals surface area contributed by atoms with Crippen molar-refractivity contribution in [3.05, 3.63) is 72.7 Å². The molecule has 1 atom stereocenters. The predicted octanol–water partition coefficient (Wildman–Crippen LogP) is 5.22. The van der Waals surface area contributed by atoms with Crippen LogP contribution in [0.3, 0.4) is 0 Å². The maximum Gasteiger partial charge on any atom is 0.417 e. The van der Waals surface area contributed by atoms with Gasteiger partial charge in [-0.2, -0.15) is 13.2 Å². The van der Waals surface area contributed by atoms with Gasteiger partial charge in [-0.15, -0.1) is 0 Å². The maximum atomic E-state index is 13.1. The summed E-state index contributed by atoms with van der Waals surface area (Å²) in [5.41, 5.74) is -0.0881. The van der Waals surface area contributed by atoms with E-state index in [4.69, 9.17) is 14.2 Å². The molecule has 2 aromatic carbocycles. The summed E-state index contributed by atoms with van der Waals surface area (Å²) >= 11 is 0. The van der Waals surface area contributed by atoms with E-state index in [0.29, 0.717) is 45.8 Å². The first kappa shape index (κ1) is 25.1. The average Bonchev–Trinajstić information content (AvgIpc) is 3.21. The Morgan fingerprint density at radius 2 is 1.66 bits per heavy atom. The Bertz CT molecular complexity index is 1500. The molecular formula is C26H21F3N4O5. The molecule has 0 spiro atoms. The Balaban J connectivity index is 1.38. The number of urea groups is 1. The second-order valence-corrected chi connectivity index (χ2v) is 8.30. The largest absolute Gasteiger partial charge is 0.493 e. The zero-order valence-corrected chi connectivity index (χ0v) is 20.1. The number of carbonyl (C=O) groups is 1. The monoisotopic (exact) mass is 526 g/mol. The number of fused-ring (bicyclic) bond motifs is 1. The van der Waals surface area contributed by atoms with Gasteiger partial charge in [0.05, 0.1) is 43.7 Å². The lowest BCUT2D eigenvalue weighted by Gasteiger charge is -2.20. The summed E-state index contributed by atoms with van der Waals surface area (Å²) in [5, 5.41) is 11.2. The van der Waals surface area contributed by atoms with Crippen molar-refractivity contribution in [3.8, 4) is 23.0 Å². The summed E-state index contributed by atoms with van der Waals surface area (Å²) in [6.07, 6.45) is -2.49. The summed E-state index contributed by atoms with van der Waals surface area (Å²) in [7, 11) is 3.06. The maximum absolute atomic E-state index is 13.1. The molecule has 0 bridgehead atoms. The second-order valence-electron chi connectivity index (χ2n) is 8.30. The summed E-state index contributed by atoms with van der Waals surface area (Å²) in [4.78, 5) is 23.1. The molecule has 1 aliphatic rings. The van der Waals surface area contributed by atoms with Gasteiger partial charge in [-0.25, -0.2) is 4.79 Å². The molecule has 38 heavy (non-hydrogen) atoms. The predicted molar refractivity (Wildman–Crippen MR) is 132 cm³/mol. The number of hydrogen-bond acceptors (Lipinski definition) is 7.